The maximum absolute atomic E-state index is 13.9. The number of hydrogen-bond acceptors (Lipinski definition) is 7. The van der Waals surface area contributed by atoms with Gasteiger partial charge in [-0.05, 0) is 25.1 Å². The van der Waals surface area contributed by atoms with E-state index in [2.05, 4.69) is 25.6 Å². The molecule has 0 spiro atoms. The van der Waals surface area contributed by atoms with Crippen LogP contribution in [0.25, 0.3) is 21.6 Å². The Balaban J connectivity index is 1.57. The average Bonchev–Trinajstić information content (AvgIpc) is 3.31. The first-order chi connectivity index (χ1) is 14.4. The SMILES string of the molecule is CC(=O)NCc1ccc(-c2nc(NC(=O)c3cc(F)cc4nccnc34)sc2C)s1. The minimum absolute atomic E-state index is 0.0886. The van der Waals surface area contributed by atoms with Crippen LogP contribution in [0.3, 0.4) is 0 Å². The van der Waals surface area contributed by atoms with E-state index in [1.54, 1.807) is 0 Å². The lowest BCUT2D eigenvalue weighted by molar-refractivity contribution is -0.119. The van der Waals surface area contributed by atoms with Crippen LogP contribution in [0.15, 0.2) is 36.7 Å². The minimum Gasteiger partial charge on any atom is -0.351 e. The lowest BCUT2D eigenvalue weighted by Gasteiger charge is -2.05. The number of rotatable bonds is 5. The highest BCUT2D eigenvalue weighted by Gasteiger charge is 2.18. The van der Waals surface area contributed by atoms with Gasteiger partial charge in [0.1, 0.15) is 11.3 Å². The zero-order valence-electron chi connectivity index (χ0n) is 16.0. The summed E-state index contributed by atoms with van der Waals surface area (Å²) in [6.07, 6.45) is 2.90. The van der Waals surface area contributed by atoms with Crippen LogP contribution in [-0.2, 0) is 11.3 Å². The Bertz CT molecular complexity index is 1270. The van der Waals surface area contributed by atoms with E-state index in [4.69, 9.17) is 0 Å². The first kappa shape index (κ1) is 20.0. The van der Waals surface area contributed by atoms with Gasteiger partial charge in [0.2, 0.25) is 5.91 Å². The van der Waals surface area contributed by atoms with Crippen molar-refractivity contribution < 1.29 is 14.0 Å². The molecule has 0 aliphatic heterocycles. The number of amides is 2. The fourth-order valence-electron chi connectivity index (χ4n) is 2.87. The van der Waals surface area contributed by atoms with E-state index in [1.807, 2.05) is 19.1 Å². The molecule has 4 rings (SSSR count). The summed E-state index contributed by atoms with van der Waals surface area (Å²) in [5.41, 5.74) is 1.49. The van der Waals surface area contributed by atoms with E-state index in [0.717, 1.165) is 26.4 Å². The van der Waals surface area contributed by atoms with E-state index < -0.39 is 11.7 Å². The van der Waals surface area contributed by atoms with Gasteiger partial charge in [0.25, 0.3) is 5.91 Å². The molecule has 2 N–H and O–H groups in total. The molecule has 0 fully saturated rings. The third kappa shape index (κ3) is 4.19. The van der Waals surface area contributed by atoms with Crippen molar-refractivity contribution >= 4 is 50.7 Å². The van der Waals surface area contributed by atoms with Crippen molar-refractivity contribution in [2.75, 3.05) is 5.32 Å². The van der Waals surface area contributed by atoms with Crippen LogP contribution >= 0.6 is 22.7 Å². The molecule has 0 bridgehead atoms. The highest BCUT2D eigenvalue weighted by atomic mass is 32.1. The standard InChI is InChI=1S/C20H16FN5O2S2/c1-10-17(16-4-3-13(30-16)9-24-11(2)27)25-20(29-10)26-19(28)14-7-12(21)8-15-18(14)23-6-5-22-15/h3-8H,9H2,1-2H3,(H,24,27)(H,25,26,28). The number of nitrogens with one attached hydrogen (secondary N) is 2. The van der Waals surface area contributed by atoms with Crippen molar-refractivity contribution in [3.05, 3.63) is 57.8 Å². The molecule has 152 valence electrons. The summed E-state index contributed by atoms with van der Waals surface area (Å²) < 4.78 is 13.9. The number of aromatic nitrogens is 3. The van der Waals surface area contributed by atoms with Gasteiger partial charge in [-0.3, -0.25) is 24.9 Å². The molecule has 2 amide bonds. The van der Waals surface area contributed by atoms with Crippen LogP contribution in [0.5, 0.6) is 0 Å². The highest BCUT2D eigenvalue weighted by Crippen LogP contribution is 2.35. The van der Waals surface area contributed by atoms with E-state index in [0.29, 0.717) is 22.7 Å². The van der Waals surface area contributed by atoms with Gasteiger partial charge in [0.15, 0.2) is 5.13 Å². The molecule has 4 aromatic rings. The van der Waals surface area contributed by atoms with Crippen molar-refractivity contribution in [2.24, 2.45) is 0 Å². The molecule has 0 radical (unpaired) electrons. The molecule has 0 saturated carbocycles. The predicted molar refractivity (Wildman–Crippen MR) is 115 cm³/mol. The van der Waals surface area contributed by atoms with Crippen LogP contribution in [0.2, 0.25) is 0 Å². The molecule has 0 aliphatic rings. The number of carbonyl (C=O) groups is 2. The lowest BCUT2D eigenvalue weighted by atomic mass is 10.1. The molecular weight excluding hydrogens is 425 g/mol. The Kier molecular flexibility index (Phi) is 5.51. The van der Waals surface area contributed by atoms with Gasteiger partial charge < -0.3 is 5.32 Å². The Morgan fingerprint density at radius 3 is 2.73 bits per heavy atom. The maximum Gasteiger partial charge on any atom is 0.259 e. The molecule has 1 aromatic carbocycles. The van der Waals surface area contributed by atoms with E-state index in [9.17, 15) is 14.0 Å². The van der Waals surface area contributed by atoms with Gasteiger partial charge in [0.05, 0.1) is 28.2 Å². The third-order valence-electron chi connectivity index (χ3n) is 4.21. The normalized spacial score (nSPS) is 10.9. The second-order valence-electron chi connectivity index (χ2n) is 6.43. The Morgan fingerprint density at radius 1 is 1.13 bits per heavy atom. The van der Waals surface area contributed by atoms with Gasteiger partial charge in [-0.15, -0.1) is 22.7 Å². The third-order valence-corrected chi connectivity index (χ3v) is 6.18. The van der Waals surface area contributed by atoms with Crippen molar-refractivity contribution in [3.8, 4) is 10.6 Å². The largest absolute Gasteiger partial charge is 0.351 e. The number of benzene rings is 1. The number of nitrogens with zero attached hydrogens (tertiary/aromatic N) is 3. The monoisotopic (exact) mass is 441 g/mol. The molecule has 0 saturated heterocycles. The van der Waals surface area contributed by atoms with Gasteiger partial charge >= 0.3 is 0 Å². The topological polar surface area (TPSA) is 96.9 Å². The minimum atomic E-state index is -0.561. The van der Waals surface area contributed by atoms with Crippen LogP contribution in [0.4, 0.5) is 9.52 Å². The zero-order valence-corrected chi connectivity index (χ0v) is 17.7. The molecule has 30 heavy (non-hydrogen) atoms. The van der Waals surface area contributed by atoms with Crippen molar-refractivity contribution in [1.29, 1.82) is 0 Å². The van der Waals surface area contributed by atoms with Crippen molar-refractivity contribution in [1.82, 2.24) is 20.3 Å². The van der Waals surface area contributed by atoms with Crippen LogP contribution in [-0.4, -0.2) is 26.8 Å². The molecular formula is C20H16FN5O2S2. The predicted octanol–water partition coefficient (Wildman–Crippen LogP) is 4.15. The van der Waals surface area contributed by atoms with E-state index in [-0.39, 0.29) is 11.5 Å². The number of carbonyl (C=O) groups excluding carboxylic acids is 2. The number of thiazole rings is 1. The quantitative estimate of drug-likeness (QED) is 0.485. The number of halogens is 1. The smallest absolute Gasteiger partial charge is 0.259 e. The lowest BCUT2D eigenvalue weighted by Crippen LogP contribution is -2.17. The number of thiophene rings is 1. The van der Waals surface area contributed by atoms with Crippen molar-refractivity contribution in [3.63, 3.8) is 0 Å². The summed E-state index contributed by atoms with van der Waals surface area (Å²) >= 11 is 2.86. The first-order valence-electron chi connectivity index (χ1n) is 8.93. The van der Waals surface area contributed by atoms with Crippen LogP contribution < -0.4 is 10.6 Å². The molecule has 3 aromatic heterocycles. The van der Waals surface area contributed by atoms with Gasteiger partial charge in [0, 0.05) is 35.1 Å². The van der Waals surface area contributed by atoms with Gasteiger partial charge in [-0.2, -0.15) is 0 Å². The average molecular weight is 442 g/mol. The van der Waals surface area contributed by atoms with Gasteiger partial charge in [-0.25, -0.2) is 9.37 Å². The second kappa shape index (κ2) is 8.25. The highest BCUT2D eigenvalue weighted by molar-refractivity contribution is 7.18. The fourth-order valence-corrected chi connectivity index (χ4v) is 4.75. The summed E-state index contributed by atoms with van der Waals surface area (Å²) in [6.45, 7) is 3.85. The van der Waals surface area contributed by atoms with E-state index in [1.165, 1.54) is 48.1 Å². The summed E-state index contributed by atoms with van der Waals surface area (Å²) in [4.78, 5) is 39.5. The van der Waals surface area contributed by atoms with E-state index >= 15 is 0 Å². The van der Waals surface area contributed by atoms with Crippen LogP contribution in [0, 0.1) is 12.7 Å². The summed E-state index contributed by atoms with van der Waals surface area (Å²) in [5.74, 6) is -1.15. The van der Waals surface area contributed by atoms with Crippen molar-refractivity contribution in [2.45, 2.75) is 20.4 Å². The zero-order chi connectivity index (χ0) is 21.3. The maximum atomic E-state index is 13.9. The molecule has 10 heteroatoms. The summed E-state index contributed by atoms with van der Waals surface area (Å²) in [5, 5.41) is 5.91. The Labute approximate surface area is 179 Å². The number of fused-ring (bicyclic) bond motifs is 1. The molecule has 7 nitrogen and oxygen atoms in total. The summed E-state index contributed by atoms with van der Waals surface area (Å²) in [7, 11) is 0. The van der Waals surface area contributed by atoms with Gasteiger partial charge in [-0.1, -0.05) is 0 Å². The number of hydrogen-bond donors (Lipinski definition) is 2. The molecule has 0 unspecified atom stereocenters. The number of anilines is 1. The molecule has 3 heterocycles. The Hall–Kier alpha value is -3.24. The number of aryl methyl sites for hydroxylation is 1. The summed E-state index contributed by atoms with van der Waals surface area (Å²) in [6, 6.07) is 6.25. The molecule has 0 aliphatic carbocycles. The van der Waals surface area contributed by atoms with Crippen LogP contribution in [0.1, 0.15) is 27.0 Å². The fraction of sp³-hybridized carbons (Fsp3) is 0.150. The Morgan fingerprint density at radius 2 is 1.93 bits per heavy atom. The first-order valence-corrected chi connectivity index (χ1v) is 10.6. The second-order valence-corrected chi connectivity index (χ2v) is 8.80. The molecule has 0 atom stereocenters.